The average Bonchev–Trinajstić information content (AvgIpc) is 2.98. The first-order chi connectivity index (χ1) is 13.4. The predicted molar refractivity (Wildman–Crippen MR) is 109 cm³/mol. The van der Waals surface area contributed by atoms with Crippen LogP contribution in [0.4, 0.5) is 0 Å². The Kier molecular flexibility index (Phi) is 7.23. The highest BCUT2D eigenvalue weighted by Gasteiger charge is 2.35. The zero-order valence-corrected chi connectivity index (χ0v) is 18.0. The smallest absolute Gasteiger partial charge is 0.243 e. The predicted octanol–water partition coefficient (Wildman–Crippen LogP) is 3.54. The van der Waals surface area contributed by atoms with E-state index in [1.54, 1.807) is 6.07 Å². The van der Waals surface area contributed by atoms with Gasteiger partial charge in [-0.25, -0.2) is 8.42 Å². The second-order valence-corrected chi connectivity index (χ2v) is 9.81. The largest absolute Gasteiger partial charge is 0.492 e. The number of hydrogen-bond donors (Lipinski definition) is 0. The Morgan fingerprint density at radius 1 is 1.14 bits per heavy atom. The Bertz CT molecular complexity index is 791. The van der Waals surface area contributed by atoms with E-state index in [0.717, 1.165) is 45.2 Å². The molecule has 8 heteroatoms. The molecule has 28 heavy (non-hydrogen) atoms. The number of benzene rings is 1. The van der Waals surface area contributed by atoms with Crippen LogP contribution in [0.3, 0.4) is 0 Å². The SMILES string of the molecule is CCOc1ccc(S(=O)(=O)N2CCC[C@@H](C(=O)N3CCCCCC3)C2)cc1Cl. The lowest BCUT2D eigenvalue weighted by molar-refractivity contribution is -0.136. The molecular formula is C20H29ClN2O4S. The van der Waals surface area contributed by atoms with Crippen LogP contribution in [-0.4, -0.2) is 56.3 Å². The van der Waals surface area contributed by atoms with Gasteiger partial charge in [-0.15, -0.1) is 0 Å². The molecule has 1 aromatic rings. The molecule has 2 aliphatic heterocycles. The molecule has 0 bridgehead atoms. The van der Waals surface area contributed by atoms with Crippen molar-refractivity contribution in [1.82, 2.24) is 9.21 Å². The molecule has 3 rings (SSSR count). The summed E-state index contributed by atoms with van der Waals surface area (Å²) in [5.74, 6) is 0.308. The summed E-state index contributed by atoms with van der Waals surface area (Å²) in [6.45, 7) is 4.54. The molecule has 0 saturated carbocycles. The standard InChI is InChI=1S/C20H29ClN2O4S/c1-2-27-19-10-9-17(14-18(19)21)28(25,26)23-13-7-8-16(15-23)20(24)22-11-5-3-4-6-12-22/h9-10,14,16H,2-8,11-13,15H2,1H3/t16-/m1/s1. The summed E-state index contributed by atoms with van der Waals surface area (Å²) in [5.41, 5.74) is 0. The summed E-state index contributed by atoms with van der Waals surface area (Å²) in [4.78, 5) is 15.0. The van der Waals surface area contributed by atoms with Gasteiger partial charge >= 0.3 is 0 Å². The number of hydrogen-bond acceptors (Lipinski definition) is 4. The van der Waals surface area contributed by atoms with Gasteiger partial charge in [-0.05, 0) is 50.8 Å². The van der Waals surface area contributed by atoms with Gasteiger partial charge in [-0.1, -0.05) is 24.4 Å². The third-order valence-corrected chi connectivity index (χ3v) is 7.65. The molecule has 156 valence electrons. The number of rotatable bonds is 5. The van der Waals surface area contributed by atoms with Crippen LogP contribution < -0.4 is 4.74 Å². The molecule has 0 radical (unpaired) electrons. The fourth-order valence-electron chi connectivity index (χ4n) is 3.98. The third-order valence-electron chi connectivity index (χ3n) is 5.49. The van der Waals surface area contributed by atoms with Crippen molar-refractivity contribution in [1.29, 1.82) is 0 Å². The summed E-state index contributed by atoms with van der Waals surface area (Å²) in [6, 6.07) is 4.54. The van der Waals surface area contributed by atoms with Gasteiger partial charge in [-0.2, -0.15) is 4.31 Å². The summed E-state index contributed by atoms with van der Waals surface area (Å²) in [6.07, 6.45) is 5.82. The maximum Gasteiger partial charge on any atom is 0.243 e. The lowest BCUT2D eigenvalue weighted by Crippen LogP contribution is -2.46. The van der Waals surface area contributed by atoms with E-state index in [-0.39, 0.29) is 28.3 Å². The van der Waals surface area contributed by atoms with Crippen molar-refractivity contribution in [3.05, 3.63) is 23.2 Å². The minimum Gasteiger partial charge on any atom is -0.492 e. The van der Waals surface area contributed by atoms with E-state index in [1.165, 1.54) is 16.4 Å². The molecular weight excluding hydrogens is 400 g/mol. The van der Waals surface area contributed by atoms with Gasteiger partial charge in [0.05, 0.1) is 22.4 Å². The normalized spacial score (nSPS) is 21.9. The van der Waals surface area contributed by atoms with Gasteiger partial charge in [0.25, 0.3) is 0 Å². The number of ether oxygens (including phenoxy) is 1. The van der Waals surface area contributed by atoms with Crippen LogP contribution in [0, 0.1) is 5.92 Å². The maximum atomic E-state index is 13.1. The number of halogens is 1. The first kappa shape index (κ1) is 21.4. The molecule has 2 saturated heterocycles. The van der Waals surface area contributed by atoms with E-state index >= 15 is 0 Å². The molecule has 2 heterocycles. The Balaban J connectivity index is 1.73. The molecule has 6 nitrogen and oxygen atoms in total. The molecule has 0 unspecified atom stereocenters. The van der Waals surface area contributed by atoms with Crippen molar-refractivity contribution in [3.63, 3.8) is 0 Å². The molecule has 1 amide bonds. The van der Waals surface area contributed by atoms with Crippen LogP contribution >= 0.6 is 11.6 Å². The summed E-state index contributed by atoms with van der Waals surface area (Å²) < 4.78 is 33.0. The van der Waals surface area contributed by atoms with E-state index in [0.29, 0.717) is 25.3 Å². The zero-order valence-electron chi connectivity index (χ0n) is 16.4. The monoisotopic (exact) mass is 428 g/mol. The summed E-state index contributed by atoms with van der Waals surface area (Å²) >= 11 is 6.18. The Morgan fingerprint density at radius 3 is 2.50 bits per heavy atom. The Hall–Kier alpha value is -1.31. The first-order valence-electron chi connectivity index (χ1n) is 10.1. The minimum absolute atomic E-state index is 0.103. The maximum absolute atomic E-state index is 13.1. The second kappa shape index (κ2) is 9.46. The van der Waals surface area contributed by atoms with Crippen molar-refractivity contribution in [3.8, 4) is 5.75 Å². The van der Waals surface area contributed by atoms with E-state index in [2.05, 4.69) is 0 Å². The van der Waals surface area contributed by atoms with Crippen LogP contribution in [0.5, 0.6) is 5.75 Å². The number of carbonyl (C=O) groups is 1. The Labute approximate surface area is 172 Å². The van der Waals surface area contributed by atoms with E-state index in [9.17, 15) is 13.2 Å². The van der Waals surface area contributed by atoms with Crippen molar-refractivity contribution >= 4 is 27.5 Å². The van der Waals surface area contributed by atoms with Gasteiger partial charge in [0.1, 0.15) is 5.75 Å². The highest BCUT2D eigenvalue weighted by atomic mass is 35.5. The highest BCUT2D eigenvalue weighted by Crippen LogP contribution is 2.31. The lowest BCUT2D eigenvalue weighted by Gasteiger charge is -2.34. The van der Waals surface area contributed by atoms with Crippen molar-refractivity contribution in [2.24, 2.45) is 5.92 Å². The van der Waals surface area contributed by atoms with Crippen molar-refractivity contribution < 1.29 is 17.9 Å². The zero-order chi connectivity index (χ0) is 20.1. The first-order valence-corrected chi connectivity index (χ1v) is 12.0. The van der Waals surface area contributed by atoms with Gasteiger partial charge in [0, 0.05) is 26.2 Å². The minimum atomic E-state index is -3.70. The second-order valence-electron chi connectivity index (χ2n) is 7.47. The quantitative estimate of drug-likeness (QED) is 0.719. The number of carbonyl (C=O) groups excluding carboxylic acids is 1. The lowest BCUT2D eigenvalue weighted by atomic mass is 9.98. The van der Waals surface area contributed by atoms with Gasteiger partial charge in [0.15, 0.2) is 0 Å². The molecule has 0 spiro atoms. The third kappa shape index (κ3) is 4.81. The van der Waals surface area contributed by atoms with Gasteiger partial charge in [0.2, 0.25) is 15.9 Å². The van der Waals surface area contributed by atoms with Crippen molar-refractivity contribution in [2.75, 3.05) is 32.8 Å². The highest BCUT2D eigenvalue weighted by molar-refractivity contribution is 7.89. The number of sulfonamides is 1. The van der Waals surface area contributed by atoms with Gasteiger partial charge < -0.3 is 9.64 Å². The van der Waals surface area contributed by atoms with Crippen LogP contribution in [0.25, 0.3) is 0 Å². The topological polar surface area (TPSA) is 66.9 Å². The molecule has 2 aliphatic rings. The van der Waals surface area contributed by atoms with Crippen LogP contribution in [0.2, 0.25) is 5.02 Å². The fraction of sp³-hybridized carbons (Fsp3) is 0.650. The number of piperidine rings is 1. The average molecular weight is 429 g/mol. The van der Waals surface area contributed by atoms with Crippen molar-refractivity contribution in [2.45, 2.75) is 50.3 Å². The number of nitrogens with zero attached hydrogens (tertiary/aromatic N) is 2. The van der Waals surface area contributed by atoms with Crippen LogP contribution in [0.1, 0.15) is 45.4 Å². The summed E-state index contributed by atoms with van der Waals surface area (Å²) in [5, 5.41) is 0.275. The van der Waals surface area contributed by atoms with E-state index in [4.69, 9.17) is 16.3 Å². The number of amides is 1. The molecule has 1 atom stereocenters. The Morgan fingerprint density at radius 2 is 1.86 bits per heavy atom. The summed E-state index contributed by atoms with van der Waals surface area (Å²) in [7, 11) is -3.70. The van der Waals surface area contributed by atoms with Crippen LogP contribution in [0.15, 0.2) is 23.1 Å². The number of likely N-dealkylation sites (tertiary alicyclic amines) is 1. The molecule has 1 aromatic carbocycles. The van der Waals surface area contributed by atoms with Gasteiger partial charge in [-0.3, -0.25) is 4.79 Å². The van der Waals surface area contributed by atoms with E-state index < -0.39 is 10.0 Å². The molecule has 0 N–H and O–H groups in total. The molecule has 0 aliphatic carbocycles. The molecule has 0 aromatic heterocycles. The van der Waals surface area contributed by atoms with E-state index in [1.807, 2.05) is 11.8 Å². The fourth-order valence-corrected chi connectivity index (χ4v) is 5.83. The molecule has 2 fully saturated rings. The van der Waals surface area contributed by atoms with Crippen LogP contribution in [-0.2, 0) is 14.8 Å².